The van der Waals surface area contributed by atoms with E-state index in [1.54, 1.807) is 0 Å². The van der Waals surface area contributed by atoms with Gasteiger partial charge in [-0.05, 0) is 25.7 Å². The number of aliphatic imine (C=N–C) groups is 1. The summed E-state index contributed by atoms with van der Waals surface area (Å²) in [6.45, 7) is 0.0806. The van der Waals surface area contributed by atoms with Gasteiger partial charge in [-0.2, -0.15) is 0 Å². The number of nitrogens with zero attached hydrogens (tertiary/aromatic N) is 1. The number of carbonyl (C=O) groups is 7. The van der Waals surface area contributed by atoms with Crippen LogP contribution in [0.3, 0.4) is 0 Å². The molecule has 0 aromatic rings. The van der Waals surface area contributed by atoms with Crippen LogP contribution in [0.15, 0.2) is 4.99 Å². The average Bonchev–Trinajstić information content (AvgIpc) is 2.80. The molecule has 214 valence electrons. The van der Waals surface area contributed by atoms with Gasteiger partial charge in [0.25, 0.3) is 0 Å². The Morgan fingerprint density at radius 3 is 1.74 bits per heavy atom. The van der Waals surface area contributed by atoms with Crippen LogP contribution in [-0.4, -0.2) is 88.4 Å². The highest BCUT2D eigenvalue weighted by Crippen LogP contribution is 2.05. The number of carboxylic acids is 2. The number of carbonyl (C=O) groups excluding carboxylic acids is 5. The Bertz CT molecular complexity index is 922. The molecule has 0 radical (unpaired) electrons. The molecule has 0 aliphatic carbocycles. The summed E-state index contributed by atoms with van der Waals surface area (Å²) in [5, 5.41) is 25.0. The van der Waals surface area contributed by atoms with Gasteiger partial charge >= 0.3 is 11.9 Å². The molecule has 15 N–H and O–H groups in total. The molecule has 0 aromatic carbocycles. The predicted octanol–water partition coefficient (Wildman–Crippen LogP) is -5.09. The Morgan fingerprint density at radius 2 is 1.24 bits per heavy atom. The molecule has 38 heavy (non-hydrogen) atoms. The van der Waals surface area contributed by atoms with Crippen molar-refractivity contribution in [2.45, 2.75) is 69.1 Å². The highest BCUT2D eigenvalue weighted by molar-refractivity contribution is 5.96. The minimum Gasteiger partial charge on any atom is -0.481 e. The third-order valence-corrected chi connectivity index (χ3v) is 4.92. The monoisotopic (exact) mass is 545 g/mol. The van der Waals surface area contributed by atoms with Crippen LogP contribution in [0.1, 0.15) is 44.9 Å². The molecule has 0 bridgehead atoms. The lowest BCUT2D eigenvalue weighted by molar-refractivity contribution is -0.143. The van der Waals surface area contributed by atoms with E-state index < -0.39 is 84.9 Å². The van der Waals surface area contributed by atoms with E-state index in [0.717, 1.165) is 0 Å². The lowest BCUT2D eigenvalue weighted by Crippen LogP contribution is -2.57. The maximum Gasteiger partial charge on any atom is 0.326 e. The zero-order chi connectivity index (χ0) is 29.4. The quantitative estimate of drug-likeness (QED) is 0.0414. The van der Waals surface area contributed by atoms with E-state index in [2.05, 4.69) is 20.9 Å². The summed E-state index contributed by atoms with van der Waals surface area (Å²) >= 11 is 0. The second kappa shape index (κ2) is 17.1. The van der Waals surface area contributed by atoms with Crippen molar-refractivity contribution in [2.75, 3.05) is 6.54 Å². The van der Waals surface area contributed by atoms with Gasteiger partial charge in [0.1, 0.15) is 18.1 Å². The molecular formula is C20H35N9O9. The van der Waals surface area contributed by atoms with Gasteiger partial charge in [-0.25, -0.2) is 4.79 Å². The Labute approximate surface area is 217 Å². The minimum absolute atomic E-state index is 0.0806. The molecule has 0 fully saturated rings. The van der Waals surface area contributed by atoms with Crippen LogP contribution in [0.2, 0.25) is 0 Å². The Morgan fingerprint density at radius 1 is 0.684 bits per heavy atom. The third kappa shape index (κ3) is 14.8. The molecule has 5 amide bonds. The fraction of sp³-hybridized carbons (Fsp3) is 0.600. The standard InChI is InChI=1S/C20H35N9O9/c21-9(3-5-13(22)30)16(34)29-12(8-14(23)31)18(36)27-10(4-6-15(32)33)17(35)28-11(19(37)38)2-1-7-26-20(24)25/h9-12H,1-8,21H2,(H2,22,30)(H2,23,31)(H,27,36)(H,28,35)(H,29,34)(H,32,33)(H,37,38)(H4,24,25,26). The number of primary amides is 2. The number of aliphatic carboxylic acids is 2. The molecular weight excluding hydrogens is 510 g/mol. The second-order valence-electron chi connectivity index (χ2n) is 8.18. The highest BCUT2D eigenvalue weighted by Gasteiger charge is 2.31. The smallest absolute Gasteiger partial charge is 0.326 e. The lowest BCUT2D eigenvalue weighted by Gasteiger charge is -2.24. The maximum absolute atomic E-state index is 12.8. The van der Waals surface area contributed by atoms with E-state index >= 15 is 0 Å². The van der Waals surface area contributed by atoms with E-state index in [1.165, 1.54) is 0 Å². The molecule has 0 saturated heterocycles. The first-order chi connectivity index (χ1) is 17.6. The van der Waals surface area contributed by atoms with Crippen molar-refractivity contribution in [1.29, 1.82) is 0 Å². The van der Waals surface area contributed by atoms with Crippen molar-refractivity contribution < 1.29 is 43.8 Å². The van der Waals surface area contributed by atoms with Crippen LogP contribution in [0.4, 0.5) is 0 Å². The molecule has 0 aromatic heterocycles. The van der Waals surface area contributed by atoms with Crippen molar-refractivity contribution in [1.82, 2.24) is 16.0 Å². The van der Waals surface area contributed by atoms with E-state index in [4.69, 9.17) is 33.8 Å². The topological polar surface area (TPSA) is 338 Å². The van der Waals surface area contributed by atoms with Gasteiger partial charge < -0.3 is 54.8 Å². The first kappa shape index (κ1) is 33.5. The SMILES string of the molecule is NC(=O)CCC(N)C(=O)NC(CC(N)=O)C(=O)NC(CCC(=O)O)C(=O)NC(CCCN=C(N)N)C(=O)O. The summed E-state index contributed by atoms with van der Waals surface area (Å²) < 4.78 is 0. The maximum atomic E-state index is 12.8. The summed E-state index contributed by atoms with van der Waals surface area (Å²) in [7, 11) is 0. The lowest BCUT2D eigenvalue weighted by atomic mass is 10.1. The Hall–Kier alpha value is -4.48. The van der Waals surface area contributed by atoms with Gasteiger partial charge in [0.15, 0.2) is 5.96 Å². The zero-order valence-electron chi connectivity index (χ0n) is 20.6. The summed E-state index contributed by atoms with van der Waals surface area (Å²) in [6, 6.07) is -5.87. The number of guanidine groups is 1. The van der Waals surface area contributed by atoms with Gasteiger partial charge in [0, 0.05) is 19.4 Å². The zero-order valence-corrected chi connectivity index (χ0v) is 20.6. The molecule has 0 saturated carbocycles. The fourth-order valence-electron chi connectivity index (χ4n) is 2.96. The van der Waals surface area contributed by atoms with Crippen LogP contribution in [0.25, 0.3) is 0 Å². The minimum atomic E-state index is -1.62. The molecule has 4 atom stereocenters. The number of nitrogens with one attached hydrogen (secondary N) is 3. The van der Waals surface area contributed by atoms with Crippen molar-refractivity contribution >= 4 is 47.4 Å². The predicted molar refractivity (Wildman–Crippen MR) is 130 cm³/mol. The molecule has 4 unspecified atom stereocenters. The molecule has 0 rings (SSSR count). The number of carboxylic acid groups (broad SMARTS) is 2. The van der Waals surface area contributed by atoms with Crippen LogP contribution in [-0.2, 0) is 33.6 Å². The van der Waals surface area contributed by atoms with E-state index in [-0.39, 0.29) is 38.2 Å². The van der Waals surface area contributed by atoms with Crippen molar-refractivity contribution in [2.24, 2.45) is 33.7 Å². The van der Waals surface area contributed by atoms with Crippen LogP contribution >= 0.6 is 0 Å². The van der Waals surface area contributed by atoms with Crippen LogP contribution < -0.4 is 44.6 Å². The number of rotatable bonds is 19. The molecule has 0 aliphatic heterocycles. The third-order valence-electron chi connectivity index (χ3n) is 4.92. The van der Waals surface area contributed by atoms with Crippen molar-refractivity contribution in [3.63, 3.8) is 0 Å². The number of hydrogen-bond donors (Lipinski definition) is 10. The van der Waals surface area contributed by atoms with Gasteiger partial charge in [-0.15, -0.1) is 0 Å². The summed E-state index contributed by atoms with van der Waals surface area (Å²) in [4.78, 5) is 86.6. The summed E-state index contributed by atoms with van der Waals surface area (Å²) in [6.07, 6.45) is -2.07. The largest absolute Gasteiger partial charge is 0.481 e. The first-order valence-electron chi connectivity index (χ1n) is 11.4. The van der Waals surface area contributed by atoms with Crippen LogP contribution in [0.5, 0.6) is 0 Å². The summed E-state index contributed by atoms with van der Waals surface area (Å²) in [5.74, 6) is -7.70. The molecule has 0 aliphatic rings. The molecule has 0 heterocycles. The van der Waals surface area contributed by atoms with Crippen LogP contribution in [0, 0.1) is 0 Å². The fourth-order valence-corrected chi connectivity index (χ4v) is 2.96. The summed E-state index contributed by atoms with van der Waals surface area (Å²) in [5.41, 5.74) is 26.2. The Kier molecular flexibility index (Phi) is 15.0. The average molecular weight is 546 g/mol. The molecule has 18 heteroatoms. The van der Waals surface area contributed by atoms with Gasteiger partial charge in [0.2, 0.25) is 29.5 Å². The molecule has 0 spiro atoms. The van der Waals surface area contributed by atoms with Gasteiger partial charge in [-0.3, -0.25) is 33.8 Å². The number of nitrogens with two attached hydrogens (primary N) is 5. The normalized spacial score (nSPS) is 13.6. The number of hydrogen-bond acceptors (Lipinski definition) is 9. The Balaban J connectivity index is 5.56. The highest BCUT2D eigenvalue weighted by atomic mass is 16.4. The van der Waals surface area contributed by atoms with Gasteiger partial charge in [-0.1, -0.05) is 0 Å². The van der Waals surface area contributed by atoms with Crippen molar-refractivity contribution in [3.05, 3.63) is 0 Å². The first-order valence-corrected chi connectivity index (χ1v) is 11.4. The van der Waals surface area contributed by atoms with Crippen molar-refractivity contribution in [3.8, 4) is 0 Å². The van der Waals surface area contributed by atoms with E-state index in [1.807, 2.05) is 0 Å². The second-order valence-corrected chi connectivity index (χ2v) is 8.18. The molecule has 18 nitrogen and oxygen atoms in total. The van der Waals surface area contributed by atoms with E-state index in [0.29, 0.717) is 0 Å². The number of amides is 5. The van der Waals surface area contributed by atoms with Gasteiger partial charge in [0.05, 0.1) is 12.5 Å². The van der Waals surface area contributed by atoms with E-state index in [9.17, 15) is 38.7 Å².